The second-order valence-corrected chi connectivity index (χ2v) is 8.27. The van der Waals surface area contributed by atoms with Gasteiger partial charge in [0.2, 0.25) is 5.88 Å². The highest BCUT2D eigenvalue weighted by Gasteiger charge is 2.48. The van der Waals surface area contributed by atoms with Crippen molar-refractivity contribution in [3.8, 4) is 17.1 Å². The summed E-state index contributed by atoms with van der Waals surface area (Å²) in [6.07, 6.45) is 0.151. The number of benzene rings is 1. The molecule has 0 radical (unpaired) electrons. The molecule has 3 aromatic heterocycles. The van der Waals surface area contributed by atoms with Gasteiger partial charge < -0.3 is 19.8 Å². The minimum absolute atomic E-state index is 0.206. The maximum Gasteiger partial charge on any atom is 0.514 e. The second-order valence-electron chi connectivity index (χ2n) is 8.27. The molecule has 0 atom stereocenters. The number of H-pyrrole nitrogens is 1. The largest absolute Gasteiger partial charge is 0.514 e. The molecule has 0 unspecified atom stereocenters. The van der Waals surface area contributed by atoms with Gasteiger partial charge in [-0.2, -0.15) is 0 Å². The minimum atomic E-state index is -0.974. The summed E-state index contributed by atoms with van der Waals surface area (Å²) in [5.74, 6) is 0.339. The molecule has 1 saturated carbocycles. The SMILES string of the molecule is COC(=O)Oc1cc2cc(-c3ccc(NCC4(c5ncccc5F)CC(F)C4)nn3)ccc2[nH]1. The van der Waals surface area contributed by atoms with Gasteiger partial charge in [-0.15, -0.1) is 10.2 Å². The third-order valence-corrected chi connectivity index (χ3v) is 6.01. The van der Waals surface area contributed by atoms with Gasteiger partial charge in [0.1, 0.15) is 17.8 Å². The molecule has 0 bridgehead atoms. The Bertz CT molecular complexity index is 1340. The smallest absolute Gasteiger partial charge is 0.437 e. The summed E-state index contributed by atoms with van der Waals surface area (Å²) in [6, 6.07) is 13.7. The van der Waals surface area contributed by atoms with Crippen molar-refractivity contribution in [1.82, 2.24) is 20.2 Å². The monoisotopic (exact) mass is 465 g/mol. The number of nitrogens with zero attached hydrogens (tertiary/aromatic N) is 3. The fourth-order valence-electron chi connectivity index (χ4n) is 4.28. The molecule has 0 saturated heterocycles. The highest BCUT2D eigenvalue weighted by molar-refractivity contribution is 5.86. The number of ether oxygens (including phenoxy) is 2. The molecule has 5 rings (SSSR count). The Kier molecular flexibility index (Phi) is 5.56. The molecule has 0 amide bonds. The zero-order valence-corrected chi connectivity index (χ0v) is 18.2. The van der Waals surface area contributed by atoms with Gasteiger partial charge in [0.05, 0.1) is 18.5 Å². The first-order chi connectivity index (χ1) is 16.5. The van der Waals surface area contributed by atoms with Crippen LogP contribution in [0.4, 0.5) is 19.4 Å². The van der Waals surface area contributed by atoms with E-state index in [4.69, 9.17) is 4.74 Å². The number of nitrogens with one attached hydrogen (secondary N) is 2. The van der Waals surface area contributed by atoms with Gasteiger partial charge in [-0.1, -0.05) is 6.07 Å². The Hall–Kier alpha value is -4.08. The van der Waals surface area contributed by atoms with Crippen LogP contribution in [0.5, 0.6) is 5.88 Å². The lowest BCUT2D eigenvalue weighted by Gasteiger charge is -2.44. The first-order valence-electron chi connectivity index (χ1n) is 10.7. The second kappa shape index (κ2) is 8.69. The fraction of sp³-hybridized carbons (Fsp3) is 0.250. The van der Waals surface area contributed by atoms with E-state index in [9.17, 15) is 13.6 Å². The summed E-state index contributed by atoms with van der Waals surface area (Å²) in [7, 11) is 1.24. The molecular weight excluding hydrogens is 444 g/mol. The van der Waals surface area contributed by atoms with E-state index in [0.29, 0.717) is 18.1 Å². The number of methoxy groups -OCH3 is 1. The van der Waals surface area contributed by atoms with Crippen LogP contribution in [0.1, 0.15) is 18.5 Å². The van der Waals surface area contributed by atoms with Gasteiger partial charge >= 0.3 is 6.16 Å². The van der Waals surface area contributed by atoms with Crippen LogP contribution in [0.15, 0.2) is 54.7 Å². The van der Waals surface area contributed by atoms with Crippen LogP contribution in [0.2, 0.25) is 0 Å². The van der Waals surface area contributed by atoms with E-state index >= 15 is 0 Å². The summed E-state index contributed by atoms with van der Waals surface area (Å²) in [5.41, 5.74) is 1.81. The molecular formula is C24H21F2N5O3. The number of pyridine rings is 1. The van der Waals surface area contributed by atoms with E-state index in [-0.39, 0.29) is 24.4 Å². The maximum atomic E-state index is 14.3. The van der Waals surface area contributed by atoms with E-state index in [0.717, 1.165) is 16.5 Å². The normalized spacial score (nSPS) is 19.4. The number of hydrogen-bond donors (Lipinski definition) is 2. The molecule has 174 valence electrons. The van der Waals surface area contributed by atoms with Crippen LogP contribution >= 0.6 is 0 Å². The zero-order valence-electron chi connectivity index (χ0n) is 18.2. The summed E-state index contributed by atoms with van der Waals surface area (Å²) < 4.78 is 37.6. The third kappa shape index (κ3) is 4.14. The highest BCUT2D eigenvalue weighted by atomic mass is 19.1. The molecule has 4 aromatic rings. The van der Waals surface area contributed by atoms with Crippen molar-refractivity contribution < 1.29 is 23.0 Å². The Balaban J connectivity index is 1.30. The molecule has 2 N–H and O–H groups in total. The molecule has 1 fully saturated rings. The highest BCUT2D eigenvalue weighted by Crippen LogP contribution is 2.45. The van der Waals surface area contributed by atoms with Crippen LogP contribution < -0.4 is 10.1 Å². The van der Waals surface area contributed by atoms with E-state index in [2.05, 4.69) is 30.2 Å². The average molecular weight is 465 g/mol. The quantitative estimate of drug-likeness (QED) is 0.395. The van der Waals surface area contributed by atoms with Gasteiger partial charge in [-0.3, -0.25) is 4.98 Å². The Morgan fingerprint density at radius 2 is 2.06 bits per heavy atom. The van der Waals surface area contributed by atoms with Crippen molar-refractivity contribution in [2.24, 2.45) is 0 Å². The number of aromatic nitrogens is 4. The molecule has 1 aliphatic carbocycles. The van der Waals surface area contributed by atoms with Gasteiger partial charge in [-0.25, -0.2) is 13.6 Å². The van der Waals surface area contributed by atoms with E-state index < -0.39 is 23.6 Å². The fourth-order valence-corrected chi connectivity index (χ4v) is 4.28. The summed E-state index contributed by atoms with van der Waals surface area (Å²) in [5, 5.41) is 12.5. The molecule has 1 aliphatic rings. The van der Waals surface area contributed by atoms with Crippen molar-refractivity contribution in [3.05, 3.63) is 66.2 Å². The maximum absolute atomic E-state index is 14.3. The van der Waals surface area contributed by atoms with Gasteiger partial charge in [0, 0.05) is 40.7 Å². The predicted octanol–water partition coefficient (Wildman–Crippen LogP) is 4.79. The standard InChI is InChI=1S/C24H21F2N5O3/c1-33-23(32)34-21-10-15-9-14(4-5-18(15)29-21)19-6-7-20(31-30-19)28-13-24(11-16(25)12-24)22-17(26)3-2-8-27-22/h2-10,16,29H,11-13H2,1H3,(H,28,31). The Labute approximate surface area is 193 Å². The third-order valence-electron chi connectivity index (χ3n) is 6.01. The lowest BCUT2D eigenvalue weighted by molar-refractivity contribution is 0.0964. The number of aromatic amines is 1. The summed E-state index contributed by atoms with van der Waals surface area (Å²) in [4.78, 5) is 18.4. The Morgan fingerprint density at radius 3 is 2.76 bits per heavy atom. The predicted molar refractivity (Wildman–Crippen MR) is 121 cm³/mol. The summed E-state index contributed by atoms with van der Waals surface area (Å²) >= 11 is 0. The van der Waals surface area contributed by atoms with Crippen molar-refractivity contribution in [2.75, 3.05) is 19.0 Å². The minimum Gasteiger partial charge on any atom is -0.437 e. The molecule has 1 aromatic carbocycles. The van der Waals surface area contributed by atoms with E-state index in [1.54, 1.807) is 12.1 Å². The van der Waals surface area contributed by atoms with Gasteiger partial charge in [0.15, 0.2) is 0 Å². The lowest BCUT2D eigenvalue weighted by Crippen LogP contribution is -2.49. The van der Waals surface area contributed by atoms with Crippen LogP contribution in [-0.2, 0) is 10.2 Å². The first kappa shape index (κ1) is 21.7. The number of hydrogen-bond acceptors (Lipinski definition) is 7. The number of rotatable bonds is 6. The van der Waals surface area contributed by atoms with Crippen LogP contribution in [0, 0.1) is 5.82 Å². The molecule has 10 heteroatoms. The van der Waals surface area contributed by atoms with E-state index in [1.165, 1.54) is 25.4 Å². The topological polar surface area (TPSA) is 102 Å². The van der Waals surface area contributed by atoms with Crippen LogP contribution in [0.3, 0.4) is 0 Å². The zero-order chi connectivity index (χ0) is 23.7. The Morgan fingerprint density at radius 1 is 1.21 bits per heavy atom. The number of alkyl halides is 1. The molecule has 0 spiro atoms. The average Bonchev–Trinajstić information content (AvgIpc) is 3.23. The van der Waals surface area contributed by atoms with Crippen molar-refractivity contribution in [1.29, 1.82) is 0 Å². The van der Waals surface area contributed by atoms with Crippen molar-refractivity contribution >= 4 is 22.9 Å². The summed E-state index contributed by atoms with van der Waals surface area (Å²) in [6.45, 7) is 0.299. The number of fused-ring (bicyclic) bond motifs is 1. The molecule has 3 heterocycles. The number of carbonyl (C=O) groups excluding carboxylic acids is 1. The number of halogens is 2. The van der Waals surface area contributed by atoms with Crippen molar-refractivity contribution in [3.63, 3.8) is 0 Å². The van der Waals surface area contributed by atoms with Gasteiger partial charge in [-0.05, 0) is 49.2 Å². The van der Waals surface area contributed by atoms with Crippen molar-refractivity contribution in [2.45, 2.75) is 24.4 Å². The van der Waals surface area contributed by atoms with Crippen LogP contribution in [0.25, 0.3) is 22.2 Å². The number of carbonyl (C=O) groups is 1. The first-order valence-corrected chi connectivity index (χ1v) is 10.7. The van der Waals surface area contributed by atoms with Crippen LogP contribution in [-0.4, -0.2) is 46.1 Å². The van der Waals surface area contributed by atoms with Gasteiger partial charge in [0.25, 0.3) is 0 Å². The lowest BCUT2D eigenvalue weighted by atomic mass is 9.65. The molecule has 8 nitrogen and oxygen atoms in total. The number of anilines is 1. The molecule has 0 aliphatic heterocycles. The molecule has 34 heavy (non-hydrogen) atoms. The van der Waals surface area contributed by atoms with E-state index in [1.807, 2.05) is 24.3 Å².